The lowest BCUT2D eigenvalue weighted by Gasteiger charge is -2.22. The topological polar surface area (TPSA) is 59.5 Å². The number of hydrogen-bond acceptors (Lipinski definition) is 3. The average Bonchev–Trinajstić information content (AvgIpc) is 2.88. The molecule has 2 rings (SSSR count). The molecule has 2 heterocycles. The third-order valence-electron chi connectivity index (χ3n) is 2.57. The van der Waals surface area contributed by atoms with Crippen LogP contribution in [0.15, 0.2) is 22.8 Å². The van der Waals surface area contributed by atoms with Crippen LogP contribution in [0.1, 0.15) is 23.4 Å². The van der Waals surface area contributed by atoms with Crippen LogP contribution in [0.4, 0.5) is 0 Å². The smallest absolute Gasteiger partial charge is 0.290 e. The number of amides is 1. The van der Waals surface area contributed by atoms with Crippen LogP contribution >= 0.6 is 12.2 Å². The van der Waals surface area contributed by atoms with E-state index >= 15 is 0 Å². The molecule has 1 fully saturated rings. The molecule has 0 bridgehead atoms. The first-order valence-electron chi connectivity index (χ1n) is 4.84. The Morgan fingerprint density at radius 2 is 2.47 bits per heavy atom. The first-order chi connectivity index (χ1) is 7.20. The maximum Gasteiger partial charge on any atom is 0.290 e. The molecule has 1 saturated heterocycles. The van der Waals surface area contributed by atoms with Crippen LogP contribution in [0.2, 0.25) is 0 Å². The standard InChI is InChI=1S/C10H12N2O2S/c11-9(15)7-3-1-5-12(7)10(13)8-4-2-6-14-8/h2,4,6-7H,1,3,5H2,(H2,11,15). The molecule has 4 nitrogen and oxygen atoms in total. The average molecular weight is 224 g/mol. The molecule has 1 aromatic heterocycles. The molecule has 1 aliphatic heterocycles. The van der Waals surface area contributed by atoms with Crippen LogP contribution in [0, 0.1) is 0 Å². The van der Waals surface area contributed by atoms with E-state index < -0.39 is 0 Å². The van der Waals surface area contributed by atoms with Crippen molar-refractivity contribution in [1.29, 1.82) is 0 Å². The molecule has 1 atom stereocenters. The minimum atomic E-state index is -0.129. The number of nitrogens with zero attached hydrogens (tertiary/aromatic N) is 1. The predicted molar refractivity (Wildman–Crippen MR) is 59.6 cm³/mol. The molecule has 1 unspecified atom stereocenters. The molecule has 0 aromatic carbocycles. The zero-order valence-corrected chi connectivity index (χ0v) is 9.00. The first kappa shape index (κ1) is 10.2. The van der Waals surface area contributed by atoms with E-state index in [0.717, 1.165) is 12.8 Å². The van der Waals surface area contributed by atoms with Crippen LogP contribution in [0.25, 0.3) is 0 Å². The second kappa shape index (κ2) is 4.02. The summed E-state index contributed by atoms with van der Waals surface area (Å²) in [5.74, 6) is 0.216. The molecule has 0 aliphatic carbocycles. The highest BCUT2D eigenvalue weighted by molar-refractivity contribution is 7.80. The van der Waals surface area contributed by atoms with Gasteiger partial charge in [-0.3, -0.25) is 4.79 Å². The highest BCUT2D eigenvalue weighted by Gasteiger charge is 2.32. The molecule has 2 N–H and O–H groups in total. The maximum atomic E-state index is 11.9. The van der Waals surface area contributed by atoms with Crippen molar-refractivity contribution < 1.29 is 9.21 Å². The zero-order chi connectivity index (χ0) is 10.8. The normalized spacial score (nSPS) is 20.5. The summed E-state index contributed by atoms with van der Waals surface area (Å²) in [7, 11) is 0. The summed E-state index contributed by atoms with van der Waals surface area (Å²) < 4.78 is 5.06. The van der Waals surface area contributed by atoms with Crippen LogP contribution in [-0.2, 0) is 0 Å². The summed E-state index contributed by atoms with van der Waals surface area (Å²) in [4.78, 5) is 14.0. The zero-order valence-electron chi connectivity index (χ0n) is 8.18. The van der Waals surface area contributed by atoms with E-state index in [0.29, 0.717) is 17.3 Å². The quantitative estimate of drug-likeness (QED) is 0.766. The van der Waals surface area contributed by atoms with E-state index in [1.807, 2.05) is 0 Å². The molecule has 15 heavy (non-hydrogen) atoms. The fourth-order valence-electron chi connectivity index (χ4n) is 1.85. The second-order valence-corrected chi connectivity index (χ2v) is 4.01. The first-order valence-corrected chi connectivity index (χ1v) is 5.25. The van der Waals surface area contributed by atoms with Gasteiger partial charge >= 0.3 is 0 Å². The number of rotatable bonds is 2. The van der Waals surface area contributed by atoms with Gasteiger partial charge in [-0.15, -0.1) is 0 Å². The van der Waals surface area contributed by atoms with Crippen LogP contribution in [0.3, 0.4) is 0 Å². The largest absolute Gasteiger partial charge is 0.459 e. The van der Waals surface area contributed by atoms with Gasteiger partial charge in [0, 0.05) is 6.54 Å². The van der Waals surface area contributed by atoms with Gasteiger partial charge in [-0.25, -0.2) is 0 Å². The Labute approximate surface area is 93.0 Å². The van der Waals surface area contributed by atoms with Gasteiger partial charge in [0.15, 0.2) is 5.76 Å². The fraction of sp³-hybridized carbons (Fsp3) is 0.400. The van der Waals surface area contributed by atoms with E-state index in [4.69, 9.17) is 22.4 Å². The van der Waals surface area contributed by atoms with Gasteiger partial charge in [-0.2, -0.15) is 0 Å². The predicted octanol–water partition coefficient (Wildman–Crippen LogP) is 1.17. The fourth-order valence-corrected chi connectivity index (χ4v) is 2.09. The van der Waals surface area contributed by atoms with Crippen molar-refractivity contribution >= 4 is 23.1 Å². The summed E-state index contributed by atoms with van der Waals surface area (Å²) in [6.45, 7) is 0.696. The Balaban J connectivity index is 2.17. The van der Waals surface area contributed by atoms with Gasteiger partial charge < -0.3 is 15.1 Å². The second-order valence-electron chi connectivity index (χ2n) is 3.54. The van der Waals surface area contributed by atoms with E-state index in [1.54, 1.807) is 17.0 Å². The van der Waals surface area contributed by atoms with E-state index in [9.17, 15) is 4.79 Å². The van der Waals surface area contributed by atoms with Crippen LogP contribution in [0.5, 0.6) is 0 Å². The number of furan rings is 1. The number of hydrogen-bond donors (Lipinski definition) is 1. The number of thiocarbonyl (C=S) groups is 1. The van der Waals surface area contributed by atoms with Crippen molar-refractivity contribution in [3.8, 4) is 0 Å². The molecular formula is C10H12N2O2S. The van der Waals surface area contributed by atoms with Gasteiger partial charge in [0.1, 0.15) is 0 Å². The third kappa shape index (κ3) is 1.87. The van der Waals surface area contributed by atoms with E-state index in [1.165, 1.54) is 6.26 Å². The summed E-state index contributed by atoms with van der Waals surface area (Å²) in [5.41, 5.74) is 5.59. The number of nitrogens with two attached hydrogens (primary N) is 1. The van der Waals surface area contributed by atoms with Gasteiger partial charge in [0.05, 0.1) is 17.3 Å². The molecule has 1 aliphatic rings. The Hall–Kier alpha value is -1.36. The lowest BCUT2D eigenvalue weighted by molar-refractivity contribution is 0.0738. The Kier molecular flexibility index (Phi) is 2.73. The highest BCUT2D eigenvalue weighted by atomic mass is 32.1. The highest BCUT2D eigenvalue weighted by Crippen LogP contribution is 2.20. The summed E-state index contributed by atoms with van der Waals surface area (Å²) in [6.07, 6.45) is 3.27. The number of likely N-dealkylation sites (tertiary alicyclic amines) is 1. The minimum Gasteiger partial charge on any atom is -0.459 e. The van der Waals surface area contributed by atoms with Crippen LogP contribution < -0.4 is 5.73 Å². The van der Waals surface area contributed by atoms with Crippen molar-refractivity contribution in [1.82, 2.24) is 4.90 Å². The van der Waals surface area contributed by atoms with E-state index in [2.05, 4.69) is 0 Å². The summed E-state index contributed by atoms with van der Waals surface area (Å²) >= 11 is 4.93. The third-order valence-corrected chi connectivity index (χ3v) is 2.85. The van der Waals surface area contributed by atoms with Crippen molar-refractivity contribution in [2.75, 3.05) is 6.54 Å². The minimum absolute atomic E-state index is 0.113. The molecule has 5 heteroatoms. The van der Waals surface area contributed by atoms with Gasteiger partial charge in [-0.1, -0.05) is 12.2 Å². The molecule has 0 spiro atoms. The van der Waals surface area contributed by atoms with Gasteiger partial charge in [0.25, 0.3) is 5.91 Å². The lowest BCUT2D eigenvalue weighted by Crippen LogP contribution is -2.42. The van der Waals surface area contributed by atoms with E-state index in [-0.39, 0.29) is 11.9 Å². The monoisotopic (exact) mass is 224 g/mol. The SMILES string of the molecule is NC(=S)C1CCCN1C(=O)c1ccco1. The van der Waals surface area contributed by atoms with Gasteiger partial charge in [-0.05, 0) is 25.0 Å². The summed E-state index contributed by atoms with van der Waals surface area (Å²) in [6, 6.07) is 3.23. The van der Waals surface area contributed by atoms with Crippen LogP contribution in [-0.4, -0.2) is 28.4 Å². The van der Waals surface area contributed by atoms with Gasteiger partial charge in [0.2, 0.25) is 0 Å². The van der Waals surface area contributed by atoms with Crippen molar-refractivity contribution in [2.45, 2.75) is 18.9 Å². The Morgan fingerprint density at radius 3 is 3.07 bits per heavy atom. The maximum absolute atomic E-state index is 11.9. The molecule has 0 saturated carbocycles. The van der Waals surface area contributed by atoms with Crippen molar-refractivity contribution in [2.24, 2.45) is 5.73 Å². The summed E-state index contributed by atoms with van der Waals surface area (Å²) in [5, 5.41) is 0. The number of carbonyl (C=O) groups excluding carboxylic acids is 1. The molecule has 0 radical (unpaired) electrons. The number of carbonyl (C=O) groups is 1. The molecule has 1 amide bonds. The molecular weight excluding hydrogens is 212 g/mol. The Morgan fingerprint density at radius 1 is 1.67 bits per heavy atom. The lowest BCUT2D eigenvalue weighted by atomic mass is 10.2. The van der Waals surface area contributed by atoms with Crippen molar-refractivity contribution in [3.63, 3.8) is 0 Å². The molecule has 1 aromatic rings. The Bertz CT molecular complexity index is 375. The molecule has 80 valence electrons. The van der Waals surface area contributed by atoms with Crippen molar-refractivity contribution in [3.05, 3.63) is 24.2 Å².